The Hall–Kier alpha value is -1.63. The average molecular weight is 334 g/mol. The van der Waals surface area contributed by atoms with Crippen molar-refractivity contribution in [2.75, 3.05) is 46.6 Å². The van der Waals surface area contributed by atoms with Gasteiger partial charge >= 0.3 is 0 Å². The van der Waals surface area contributed by atoms with Crippen molar-refractivity contribution >= 4 is 5.91 Å². The van der Waals surface area contributed by atoms with Gasteiger partial charge in [-0.1, -0.05) is 12.1 Å². The van der Waals surface area contributed by atoms with E-state index in [1.165, 1.54) is 5.56 Å². The molecule has 0 radical (unpaired) electrons. The highest BCUT2D eigenvalue weighted by molar-refractivity contribution is 5.81. The second-order valence-corrected chi connectivity index (χ2v) is 6.18. The van der Waals surface area contributed by atoms with E-state index in [0.29, 0.717) is 13.2 Å². The molecule has 2 aliphatic heterocycles. The Morgan fingerprint density at radius 3 is 2.67 bits per heavy atom. The SMILES string of the molecule is COc1ccc([C@@H](CNC(=O)[C@H]2CCCO2)N2CCOCC2)cc1. The molecule has 24 heavy (non-hydrogen) atoms. The standard InChI is InChI=1S/C18H26N2O4/c1-22-15-6-4-14(5-7-15)16(20-8-11-23-12-9-20)13-19-18(21)17-3-2-10-24-17/h4-7,16-17H,2-3,8-13H2,1H3,(H,19,21)/t16-,17-/m1/s1. The van der Waals surface area contributed by atoms with Gasteiger partial charge in [0.05, 0.1) is 26.4 Å². The summed E-state index contributed by atoms with van der Waals surface area (Å²) in [5.41, 5.74) is 1.17. The lowest BCUT2D eigenvalue weighted by molar-refractivity contribution is -0.130. The van der Waals surface area contributed by atoms with Crippen molar-refractivity contribution in [1.82, 2.24) is 10.2 Å². The van der Waals surface area contributed by atoms with E-state index in [0.717, 1.165) is 44.9 Å². The maximum absolute atomic E-state index is 12.3. The highest BCUT2D eigenvalue weighted by atomic mass is 16.5. The van der Waals surface area contributed by atoms with E-state index >= 15 is 0 Å². The third-order valence-electron chi connectivity index (χ3n) is 4.68. The lowest BCUT2D eigenvalue weighted by Crippen LogP contribution is -2.45. The second-order valence-electron chi connectivity index (χ2n) is 6.18. The largest absolute Gasteiger partial charge is 0.497 e. The summed E-state index contributed by atoms with van der Waals surface area (Å²) in [5.74, 6) is 0.835. The molecule has 0 saturated carbocycles. The second kappa shape index (κ2) is 8.46. The number of rotatable bonds is 6. The van der Waals surface area contributed by atoms with Crippen molar-refractivity contribution in [1.29, 1.82) is 0 Å². The molecule has 0 bridgehead atoms. The zero-order chi connectivity index (χ0) is 16.8. The van der Waals surface area contributed by atoms with Crippen molar-refractivity contribution in [3.05, 3.63) is 29.8 Å². The van der Waals surface area contributed by atoms with Crippen LogP contribution in [0, 0.1) is 0 Å². The van der Waals surface area contributed by atoms with Gasteiger partial charge in [0, 0.05) is 26.2 Å². The Kier molecular flexibility index (Phi) is 6.07. The number of hydrogen-bond donors (Lipinski definition) is 1. The Morgan fingerprint density at radius 1 is 1.29 bits per heavy atom. The summed E-state index contributed by atoms with van der Waals surface area (Å²) >= 11 is 0. The number of hydrogen-bond acceptors (Lipinski definition) is 5. The van der Waals surface area contributed by atoms with Crippen LogP contribution in [-0.2, 0) is 14.3 Å². The smallest absolute Gasteiger partial charge is 0.249 e. The number of nitrogens with one attached hydrogen (secondary N) is 1. The Morgan fingerprint density at radius 2 is 2.04 bits per heavy atom. The molecule has 2 heterocycles. The van der Waals surface area contributed by atoms with E-state index in [2.05, 4.69) is 22.3 Å². The minimum atomic E-state index is -0.286. The molecule has 6 nitrogen and oxygen atoms in total. The molecule has 1 aromatic carbocycles. The number of benzene rings is 1. The fourth-order valence-corrected chi connectivity index (χ4v) is 3.27. The molecule has 2 saturated heterocycles. The van der Waals surface area contributed by atoms with Crippen LogP contribution in [0.2, 0.25) is 0 Å². The topological polar surface area (TPSA) is 60.0 Å². The van der Waals surface area contributed by atoms with E-state index < -0.39 is 0 Å². The quantitative estimate of drug-likeness (QED) is 0.851. The van der Waals surface area contributed by atoms with E-state index in [4.69, 9.17) is 14.2 Å². The van der Waals surface area contributed by atoms with Crippen LogP contribution < -0.4 is 10.1 Å². The summed E-state index contributed by atoms with van der Waals surface area (Å²) in [6, 6.07) is 8.19. The van der Waals surface area contributed by atoms with Crippen molar-refractivity contribution < 1.29 is 19.0 Å². The molecule has 0 aromatic heterocycles. The fraction of sp³-hybridized carbons (Fsp3) is 0.611. The van der Waals surface area contributed by atoms with Gasteiger partial charge in [-0.2, -0.15) is 0 Å². The number of amides is 1. The Balaban J connectivity index is 1.67. The third kappa shape index (κ3) is 4.26. The number of ether oxygens (including phenoxy) is 3. The summed E-state index contributed by atoms with van der Waals surface area (Å²) < 4.78 is 16.2. The van der Waals surface area contributed by atoms with Crippen molar-refractivity contribution in [2.24, 2.45) is 0 Å². The van der Waals surface area contributed by atoms with Crippen LogP contribution in [0.3, 0.4) is 0 Å². The maximum atomic E-state index is 12.3. The Bertz CT molecular complexity index is 522. The van der Waals surface area contributed by atoms with Gasteiger partial charge in [0.2, 0.25) is 5.91 Å². The number of carbonyl (C=O) groups is 1. The molecule has 1 amide bonds. The van der Waals surface area contributed by atoms with Gasteiger partial charge in [-0.25, -0.2) is 0 Å². The molecule has 0 aliphatic carbocycles. The van der Waals surface area contributed by atoms with E-state index in [9.17, 15) is 4.79 Å². The number of methoxy groups -OCH3 is 1. The van der Waals surface area contributed by atoms with E-state index in [1.807, 2.05) is 12.1 Å². The van der Waals surface area contributed by atoms with Crippen LogP contribution in [0.4, 0.5) is 0 Å². The van der Waals surface area contributed by atoms with Gasteiger partial charge in [0.1, 0.15) is 11.9 Å². The summed E-state index contributed by atoms with van der Waals surface area (Å²) in [4.78, 5) is 14.6. The van der Waals surface area contributed by atoms with Crippen LogP contribution >= 0.6 is 0 Å². The molecule has 0 unspecified atom stereocenters. The molecule has 3 rings (SSSR count). The first-order chi connectivity index (χ1) is 11.8. The molecule has 1 aromatic rings. The first-order valence-corrected chi connectivity index (χ1v) is 8.63. The number of morpholine rings is 1. The minimum absolute atomic E-state index is 0.000675. The fourth-order valence-electron chi connectivity index (χ4n) is 3.27. The van der Waals surface area contributed by atoms with Crippen LogP contribution in [0.1, 0.15) is 24.4 Å². The minimum Gasteiger partial charge on any atom is -0.497 e. The van der Waals surface area contributed by atoms with Gasteiger partial charge in [-0.15, -0.1) is 0 Å². The van der Waals surface area contributed by atoms with Gasteiger partial charge in [0.15, 0.2) is 0 Å². The van der Waals surface area contributed by atoms with Gasteiger partial charge in [-0.3, -0.25) is 9.69 Å². The summed E-state index contributed by atoms with van der Waals surface area (Å²) in [5, 5.41) is 3.07. The van der Waals surface area contributed by atoms with Crippen LogP contribution in [0.25, 0.3) is 0 Å². The molecule has 2 atom stereocenters. The number of nitrogens with zero attached hydrogens (tertiary/aromatic N) is 1. The lowest BCUT2D eigenvalue weighted by atomic mass is 10.0. The summed E-state index contributed by atoms with van der Waals surface area (Å²) in [7, 11) is 1.66. The zero-order valence-corrected chi connectivity index (χ0v) is 14.2. The monoisotopic (exact) mass is 334 g/mol. The first-order valence-electron chi connectivity index (χ1n) is 8.63. The van der Waals surface area contributed by atoms with Gasteiger partial charge < -0.3 is 19.5 Å². The average Bonchev–Trinajstić information content (AvgIpc) is 3.18. The highest BCUT2D eigenvalue weighted by Gasteiger charge is 2.27. The van der Waals surface area contributed by atoms with E-state index in [-0.39, 0.29) is 18.1 Å². The van der Waals surface area contributed by atoms with Crippen molar-refractivity contribution in [3.8, 4) is 5.75 Å². The maximum Gasteiger partial charge on any atom is 0.249 e. The first kappa shape index (κ1) is 17.2. The zero-order valence-electron chi connectivity index (χ0n) is 14.2. The summed E-state index contributed by atoms with van der Waals surface area (Å²) in [6.07, 6.45) is 1.49. The van der Waals surface area contributed by atoms with E-state index in [1.54, 1.807) is 7.11 Å². The highest BCUT2D eigenvalue weighted by Crippen LogP contribution is 2.24. The van der Waals surface area contributed by atoms with Gasteiger partial charge in [0.25, 0.3) is 0 Å². The third-order valence-corrected chi connectivity index (χ3v) is 4.68. The lowest BCUT2D eigenvalue weighted by Gasteiger charge is -2.35. The molecular weight excluding hydrogens is 308 g/mol. The predicted octanol–water partition coefficient (Wildman–Crippen LogP) is 1.36. The summed E-state index contributed by atoms with van der Waals surface area (Å²) in [6.45, 7) is 4.45. The van der Waals surface area contributed by atoms with Crippen molar-refractivity contribution in [3.63, 3.8) is 0 Å². The molecular formula is C18H26N2O4. The van der Waals surface area contributed by atoms with Crippen LogP contribution in [-0.4, -0.2) is 63.5 Å². The molecule has 1 N–H and O–H groups in total. The molecule has 2 aliphatic rings. The van der Waals surface area contributed by atoms with Crippen LogP contribution in [0.15, 0.2) is 24.3 Å². The van der Waals surface area contributed by atoms with Crippen molar-refractivity contribution in [2.45, 2.75) is 25.0 Å². The molecule has 6 heteroatoms. The number of carbonyl (C=O) groups excluding carboxylic acids is 1. The Labute approximate surface area is 143 Å². The molecule has 2 fully saturated rings. The normalized spacial score (nSPS) is 23.0. The molecule has 132 valence electrons. The predicted molar refractivity (Wildman–Crippen MR) is 90.1 cm³/mol. The van der Waals surface area contributed by atoms with Crippen LogP contribution in [0.5, 0.6) is 5.75 Å². The molecule has 0 spiro atoms. The van der Waals surface area contributed by atoms with Gasteiger partial charge in [-0.05, 0) is 30.5 Å².